The quantitative estimate of drug-likeness (QED) is 0.930. The molecule has 2 atom stereocenters. The molecule has 0 aliphatic carbocycles. The fourth-order valence-corrected chi connectivity index (χ4v) is 3.11. The maximum Gasteiger partial charge on any atom is 0.335 e. The van der Waals surface area contributed by atoms with Crippen LogP contribution in [0.3, 0.4) is 0 Å². The van der Waals surface area contributed by atoms with Gasteiger partial charge in [-0.3, -0.25) is 4.79 Å². The molecule has 0 spiro atoms. The van der Waals surface area contributed by atoms with Crippen LogP contribution in [0.15, 0.2) is 54.6 Å². The molecule has 3 rings (SSSR count). The van der Waals surface area contributed by atoms with Crippen LogP contribution >= 0.6 is 0 Å². The van der Waals surface area contributed by atoms with E-state index in [1.807, 2.05) is 37.3 Å². The van der Waals surface area contributed by atoms with Crippen LogP contribution in [-0.2, 0) is 16.0 Å². The van der Waals surface area contributed by atoms with Gasteiger partial charge in [0.05, 0.1) is 24.6 Å². The normalized spacial score (nSPS) is 20.3. The SMILES string of the molecule is CC1CN(C(=O)Cc2cccc(C(=O)O)c2)CC(c2ccccc2)O1. The maximum absolute atomic E-state index is 12.7. The van der Waals surface area contributed by atoms with Crippen molar-refractivity contribution in [1.82, 2.24) is 4.90 Å². The average molecular weight is 339 g/mol. The van der Waals surface area contributed by atoms with Gasteiger partial charge in [-0.1, -0.05) is 42.5 Å². The molecular weight excluding hydrogens is 318 g/mol. The van der Waals surface area contributed by atoms with Crippen molar-refractivity contribution in [3.05, 3.63) is 71.3 Å². The van der Waals surface area contributed by atoms with Gasteiger partial charge >= 0.3 is 5.97 Å². The Balaban J connectivity index is 1.71. The second-order valence-corrected chi connectivity index (χ2v) is 6.33. The molecule has 5 heteroatoms. The van der Waals surface area contributed by atoms with Crippen LogP contribution in [0, 0.1) is 0 Å². The summed E-state index contributed by atoms with van der Waals surface area (Å²) in [6.45, 7) is 3.01. The second kappa shape index (κ2) is 7.49. The molecule has 25 heavy (non-hydrogen) atoms. The lowest BCUT2D eigenvalue weighted by atomic mass is 10.0. The minimum Gasteiger partial charge on any atom is -0.478 e. The third-order valence-electron chi connectivity index (χ3n) is 4.31. The van der Waals surface area contributed by atoms with E-state index in [9.17, 15) is 9.59 Å². The van der Waals surface area contributed by atoms with E-state index in [0.29, 0.717) is 18.7 Å². The zero-order chi connectivity index (χ0) is 17.8. The van der Waals surface area contributed by atoms with E-state index >= 15 is 0 Å². The number of carbonyl (C=O) groups is 2. The van der Waals surface area contributed by atoms with Gasteiger partial charge in [0.25, 0.3) is 0 Å². The highest BCUT2D eigenvalue weighted by Crippen LogP contribution is 2.25. The van der Waals surface area contributed by atoms with Crippen LogP contribution in [0.25, 0.3) is 0 Å². The van der Waals surface area contributed by atoms with Crippen LogP contribution in [-0.4, -0.2) is 41.1 Å². The zero-order valence-electron chi connectivity index (χ0n) is 14.1. The van der Waals surface area contributed by atoms with Crippen molar-refractivity contribution in [3.8, 4) is 0 Å². The molecular formula is C20H21NO4. The van der Waals surface area contributed by atoms with E-state index < -0.39 is 5.97 Å². The first-order chi connectivity index (χ1) is 12.0. The number of hydrogen-bond donors (Lipinski definition) is 1. The van der Waals surface area contributed by atoms with Gasteiger partial charge < -0.3 is 14.7 Å². The summed E-state index contributed by atoms with van der Waals surface area (Å²) in [5.74, 6) is -1.00. The van der Waals surface area contributed by atoms with E-state index in [0.717, 1.165) is 5.56 Å². The number of carboxylic acid groups (broad SMARTS) is 1. The summed E-state index contributed by atoms with van der Waals surface area (Å²) in [5.41, 5.74) is 1.96. The number of carboxylic acids is 1. The molecule has 0 aromatic heterocycles. The number of carbonyl (C=O) groups excluding carboxylic acids is 1. The van der Waals surface area contributed by atoms with E-state index in [1.165, 1.54) is 6.07 Å². The molecule has 1 aliphatic rings. The van der Waals surface area contributed by atoms with Gasteiger partial charge in [-0.2, -0.15) is 0 Å². The predicted molar refractivity (Wildman–Crippen MR) is 93.4 cm³/mol. The Morgan fingerprint density at radius 2 is 1.88 bits per heavy atom. The molecule has 1 aliphatic heterocycles. The van der Waals surface area contributed by atoms with Gasteiger partial charge in [0.1, 0.15) is 6.10 Å². The van der Waals surface area contributed by atoms with Crippen LogP contribution in [0.1, 0.15) is 34.5 Å². The highest BCUT2D eigenvalue weighted by atomic mass is 16.5. The van der Waals surface area contributed by atoms with Crippen molar-refractivity contribution >= 4 is 11.9 Å². The molecule has 2 aromatic carbocycles. The smallest absolute Gasteiger partial charge is 0.335 e. The molecule has 1 saturated heterocycles. The Labute approximate surface area is 146 Å². The topological polar surface area (TPSA) is 66.8 Å². The molecule has 2 unspecified atom stereocenters. The summed E-state index contributed by atoms with van der Waals surface area (Å²) in [6.07, 6.45) is 0.00234. The third kappa shape index (κ3) is 4.25. The van der Waals surface area contributed by atoms with Crippen molar-refractivity contribution in [2.24, 2.45) is 0 Å². The monoisotopic (exact) mass is 339 g/mol. The predicted octanol–water partition coefficient (Wildman–Crippen LogP) is 2.92. The molecule has 0 saturated carbocycles. The zero-order valence-corrected chi connectivity index (χ0v) is 14.1. The second-order valence-electron chi connectivity index (χ2n) is 6.33. The van der Waals surface area contributed by atoms with Crippen LogP contribution in [0.4, 0.5) is 0 Å². The first kappa shape index (κ1) is 17.2. The van der Waals surface area contributed by atoms with Gasteiger partial charge in [-0.25, -0.2) is 4.79 Å². The lowest BCUT2D eigenvalue weighted by Gasteiger charge is -2.37. The average Bonchev–Trinajstić information content (AvgIpc) is 2.62. The molecule has 1 fully saturated rings. The van der Waals surface area contributed by atoms with Gasteiger partial charge in [-0.05, 0) is 30.2 Å². The van der Waals surface area contributed by atoms with Crippen molar-refractivity contribution in [2.45, 2.75) is 25.6 Å². The van der Waals surface area contributed by atoms with E-state index in [4.69, 9.17) is 9.84 Å². The third-order valence-corrected chi connectivity index (χ3v) is 4.31. The van der Waals surface area contributed by atoms with E-state index in [-0.39, 0.29) is 30.1 Å². The Morgan fingerprint density at radius 3 is 2.60 bits per heavy atom. The molecule has 1 N–H and O–H groups in total. The Hall–Kier alpha value is -2.66. The summed E-state index contributed by atoms with van der Waals surface area (Å²) in [5, 5.41) is 9.08. The molecule has 0 bridgehead atoms. The molecule has 0 radical (unpaired) electrons. The number of benzene rings is 2. The summed E-state index contributed by atoms with van der Waals surface area (Å²) in [7, 11) is 0. The molecule has 1 heterocycles. The van der Waals surface area contributed by atoms with E-state index in [1.54, 1.807) is 23.1 Å². The summed E-state index contributed by atoms with van der Waals surface area (Å²) < 4.78 is 5.98. The van der Waals surface area contributed by atoms with Gasteiger partial charge in [0.2, 0.25) is 5.91 Å². The minimum absolute atomic E-state index is 0.0152. The fourth-order valence-electron chi connectivity index (χ4n) is 3.11. The maximum atomic E-state index is 12.7. The first-order valence-corrected chi connectivity index (χ1v) is 8.33. The van der Waals surface area contributed by atoms with Crippen LogP contribution in [0.5, 0.6) is 0 Å². The van der Waals surface area contributed by atoms with Gasteiger partial charge in [0.15, 0.2) is 0 Å². The highest BCUT2D eigenvalue weighted by molar-refractivity contribution is 5.88. The summed E-state index contributed by atoms with van der Waals surface area (Å²) >= 11 is 0. The molecule has 5 nitrogen and oxygen atoms in total. The van der Waals surface area contributed by atoms with Gasteiger partial charge in [-0.15, -0.1) is 0 Å². The number of aromatic carboxylic acids is 1. The van der Waals surface area contributed by atoms with Crippen molar-refractivity contribution in [2.75, 3.05) is 13.1 Å². The summed E-state index contributed by atoms with van der Waals surface area (Å²) in [6, 6.07) is 16.4. The number of nitrogens with zero attached hydrogens (tertiary/aromatic N) is 1. The van der Waals surface area contributed by atoms with E-state index in [2.05, 4.69) is 0 Å². The highest BCUT2D eigenvalue weighted by Gasteiger charge is 2.29. The Bertz CT molecular complexity index is 759. The van der Waals surface area contributed by atoms with Crippen LogP contribution < -0.4 is 0 Å². The van der Waals surface area contributed by atoms with Crippen molar-refractivity contribution in [3.63, 3.8) is 0 Å². The molecule has 1 amide bonds. The fraction of sp³-hybridized carbons (Fsp3) is 0.300. The molecule has 2 aromatic rings. The standard InChI is InChI=1S/C20H21NO4/c1-14-12-21(13-18(25-14)16-7-3-2-4-8-16)19(22)11-15-6-5-9-17(10-15)20(23)24/h2-10,14,18H,11-13H2,1H3,(H,23,24). The van der Waals surface area contributed by atoms with Gasteiger partial charge in [0, 0.05) is 6.54 Å². The Kier molecular flexibility index (Phi) is 5.14. The number of morpholine rings is 1. The number of rotatable bonds is 4. The first-order valence-electron chi connectivity index (χ1n) is 8.33. The molecule has 130 valence electrons. The van der Waals surface area contributed by atoms with Crippen LogP contribution in [0.2, 0.25) is 0 Å². The Morgan fingerprint density at radius 1 is 1.12 bits per heavy atom. The minimum atomic E-state index is -0.988. The number of hydrogen-bond acceptors (Lipinski definition) is 3. The summed E-state index contributed by atoms with van der Waals surface area (Å²) in [4.78, 5) is 25.6. The lowest BCUT2D eigenvalue weighted by Crippen LogP contribution is -2.46. The lowest BCUT2D eigenvalue weighted by molar-refractivity contribution is -0.144. The number of amides is 1. The van der Waals surface area contributed by atoms with Crippen molar-refractivity contribution in [1.29, 1.82) is 0 Å². The number of ether oxygens (including phenoxy) is 1. The largest absolute Gasteiger partial charge is 0.478 e. The van der Waals surface area contributed by atoms with Crippen molar-refractivity contribution < 1.29 is 19.4 Å².